The van der Waals surface area contributed by atoms with Crippen molar-refractivity contribution >= 4 is 39.1 Å². The number of fused-ring (bicyclic) bond motifs is 1. The monoisotopic (exact) mass is 351 g/mol. The summed E-state index contributed by atoms with van der Waals surface area (Å²) in [5.74, 6) is -0.788. The van der Waals surface area contributed by atoms with Gasteiger partial charge in [-0.15, -0.1) is 0 Å². The van der Waals surface area contributed by atoms with E-state index < -0.39 is 10.9 Å². The summed E-state index contributed by atoms with van der Waals surface area (Å²) in [6, 6.07) is 4.34. The second kappa shape index (κ2) is 7.82. The van der Waals surface area contributed by atoms with Gasteiger partial charge in [0.2, 0.25) is 5.91 Å². The van der Waals surface area contributed by atoms with Crippen LogP contribution < -0.4 is 4.80 Å². The standard InChI is InChI=1S/C15H17N3O5S/c1-3-5-13(19)16-15-17(9-14(20)23-4-2)11-8-10(18(21)22)6-7-12(11)24-15/h6-8H,3-5,9H2,1-2H3. The smallest absolute Gasteiger partial charge is 0.326 e. The molecule has 0 fully saturated rings. The van der Waals surface area contributed by atoms with E-state index in [-0.39, 0.29) is 24.7 Å². The lowest BCUT2D eigenvalue weighted by atomic mass is 10.3. The van der Waals surface area contributed by atoms with E-state index in [0.29, 0.717) is 27.9 Å². The zero-order valence-corrected chi connectivity index (χ0v) is 14.2. The largest absolute Gasteiger partial charge is 0.465 e. The fourth-order valence-electron chi connectivity index (χ4n) is 2.12. The summed E-state index contributed by atoms with van der Waals surface area (Å²) in [6.07, 6.45) is 0.963. The molecule has 0 aliphatic carbocycles. The Balaban J connectivity index is 2.60. The molecule has 2 rings (SSSR count). The Labute approximate surface area is 141 Å². The average molecular weight is 351 g/mol. The maximum Gasteiger partial charge on any atom is 0.326 e. The molecule has 2 aromatic rings. The number of aromatic nitrogens is 1. The molecule has 0 saturated heterocycles. The molecule has 0 bridgehead atoms. The van der Waals surface area contributed by atoms with Crippen molar-refractivity contribution in [2.75, 3.05) is 6.61 Å². The highest BCUT2D eigenvalue weighted by molar-refractivity contribution is 7.16. The maximum atomic E-state index is 11.8. The Kier molecular flexibility index (Phi) is 5.80. The predicted molar refractivity (Wildman–Crippen MR) is 88.6 cm³/mol. The van der Waals surface area contributed by atoms with Gasteiger partial charge in [-0.05, 0) is 19.4 Å². The first-order valence-corrected chi connectivity index (χ1v) is 8.28. The van der Waals surface area contributed by atoms with Crippen molar-refractivity contribution < 1.29 is 19.2 Å². The molecule has 0 radical (unpaired) electrons. The van der Waals surface area contributed by atoms with E-state index in [2.05, 4.69) is 4.99 Å². The molecule has 9 heteroatoms. The minimum atomic E-state index is -0.509. The number of hydrogen-bond acceptors (Lipinski definition) is 6. The zero-order chi connectivity index (χ0) is 17.7. The quantitative estimate of drug-likeness (QED) is 0.451. The summed E-state index contributed by atoms with van der Waals surface area (Å²) in [5, 5.41) is 11.0. The number of nitrogens with zero attached hydrogens (tertiary/aromatic N) is 3. The van der Waals surface area contributed by atoms with Gasteiger partial charge in [-0.2, -0.15) is 4.99 Å². The van der Waals surface area contributed by atoms with Gasteiger partial charge in [0.25, 0.3) is 5.69 Å². The number of carbonyl (C=O) groups is 2. The second-order valence-electron chi connectivity index (χ2n) is 4.94. The summed E-state index contributed by atoms with van der Waals surface area (Å²) in [7, 11) is 0. The van der Waals surface area contributed by atoms with Crippen molar-refractivity contribution in [2.24, 2.45) is 4.99 Å². The minimum absolute atomic E-state index is 0.0932. The zero-order valence-electron chi connectivity index (χ0n) is 13.4. The Bertz CT molecular complexity index is 852. The van der Waals surface area contributed by atoms with Crippen molar-refractivity contribution in [2.45, 2.75) is 33.2 Å². The fraction of sp³-hybridized carbons (Fsp3) is 0.400. The van der Waals surface area contributed by atoms with E-state index in [4.69, 9.17) is 4.74 Å². The van der Waals surface area contributed by atoms with E-state index in [1.54, 1.807) is 13.0 Å². The maximum absolute atomic E-state index is 11.8. The normalized spacial score (nSPS) is 11.7. The van der Waals surface area contributed by atoms with Gasteiger partial charge < -0.3 is 9.30 Å². The summed E-state index contributed by atoms with van der Waals surface area (Å²) >= 11 is 1.20. The van der Waals surface area contributed by atoms with Crippen molar-refractivity contribution in [3.8, 4) is 0 Å². The molecule has 0 aliphatic rings. The number of nitro benzene ring substituents is 1. The lowest BCUT2D eigenvalue weighted by molar-refractivity contribution is -0.384. The van der Waals surface area contributed by atoms with Gasteiger partial charge in [-0.3, -0.25) is 19.7 Å². The molecular formula is C15H17N3O5S. The van der Waals surface area contributed by atoms with E-state index in [0.717, 1.165) is 0 Å². The number of ether oxygens (including phenoxy) is 1. The van der Waals surface area contributed by atoms with E-state index in [9.17, 15) is 19.7 Å². The number of benzene rings is 1. The third-order valence-electron chi connectivity index (χ3n) is 3.15. The van der Waals surface area contributed by atoms with Crippen LogP contribution in [0.25, 0.3) is 10.2 Å². The summed E-state index contributed by atoms with van der Waals surface area (Å²) in [5.41, 5.74) is 0.384. The van der Waals surface area contributed by atoms with Crippen LogP contribution in [-0.4, -0.2) is 28.0 Å². The number of nitro groups is 1. The van der Waals surface area contributed by atoms with Crippen molar-refractivity contribution in [1.82, 2.24) is 4.57 Å². The number of non-ortho nitro benzene ring substituents is 1. The van der Waals surface area contributed by atoms with Crippen LogP contribution in [0.2, 0.25) is 0 Å². The lowest BCUT2D eigenvalue weighted by Crippen LogP contribution is -2.23. The van der Waals surface area contributed by atoms with Crippen LogP contribution in [0, 0.1) is 10.1 Å². The Morgan fingerprint density at radius 2 is 2.12 bits per heavy atom. The molecule has 0 N–H and O–H groups in total. The highest BCUT2D eigenvalue weighted by atomic mass is 32.1. The Morgan fingerprint density at radius 1 is 1.38 bits per heavy atom. The third-order valence-corrected chi connectivity index (χ3v) is 4.21. The number of thiazole rings is 1. The summed E-state index contributed by atoms with van der Waals surface area (Å²) in [4.78, 5) is 38.5. The summed E-state index contributed by atoms with van der Waals surface area (Å²) in [6.45, 7) is 3.62. The van der Waals surface area contributed by atoms with Crippen LogP contribution in [0.4, 0.5) is 5.69 Å². The molecule has 128 valence electrons. The van der Waals surface area contributed by atoms with Crippen molar-refractivity contribution in [1.29, 1.82) is 0 Å². The fourth-order valence-corrected chi connectivity index (χ4v) is 3.15. The van der Waals surface area contributed by atoms with Crippen LogP contribution >= 0.6 is 11.3 Å². The van der Waals surface area contributed by atoms with Gasteiger partial charge in [0.1, 0.15) is 6.54 Å². The highest BCUT2D eigenvalue weighted by Gasteiger charge is 2.15. The summed E-state index contributed by atoms with van der Waals surface area (Å²) < 4.78 is 7.12. The van der Waals surface area contributed by atoms with E-state index in [1.165, 1.54) is 28.0 Å². The second-order valence-corrected chi connectivity index (χ2v) is 5.95. The van der Waals surface area contributed by atoms with Gasteiger partial charge >= 0.3 is 5.97 Å². The molecule has 1 amide bonds. The molecule has 0 saturated carbocycles. The van der Waals surface area contributed by atoms with Crippen LogP contribution in [0.3, 0.4) is 0 Å². The first-order valence-electron chi connectivity index (χ1n) is 7.47. The molecule has 1 aromatic heterocycles. The number of hydrogen-bond donors (Lipinski definition) is 0. The first kappa shape index (κ1) is 17.8. The first-order chi connectivity index (χ1) is 11.5. The molecule has 0 aliphatic heterocycles. The minimum Gasteiger partial charge on any atom is -0.465 e. The molecule has 24 heavy (non-hydrogen) atoms. The van der Waals surface area contributed by atoms with Gasteiger partial charge in [-0.1, -0.05) is 18.3 Å². The SMILES string of the molecule is CCCC(=O)N=c1sc2ccc([N+](=O)[O-])cc2n1CC(=O)OCC. The van der Waals surface area contributed by atoms with Gasteiger partial charge in [0, 0.05) is 18.6 Å². The number of amides is 1. The number of rotatable bonds is 6. The molecule has 0 unspecified atom stereocenters. The van der Waals surface area contributed by atoms with Crippen LogP contribution in [-0.2, 0) is 20.9 Å². The molecule has 0 atom stereocenters. The molecular weight excluding hydrogens is 334 g/mol. The predicted octanol–water partition coefficient (Wildman–Crippen LogP) is 2.40. The van der Waals surface area contributed by atoms with E-state index >= 15 is 0 Å². The third kappa shape index (κ3) is 4.05. The van der Waals surface area contributed by atoms with Crippen LogP contribution in [0.5, 0.6) is 0 Å². The molecule has 1 heterocycles. The lowest BCUT2D eigenvalue weighted by Gasteiger charge is -2.05. The molecule has 1 aromatic carbocycles. The number of esters is 1. The average Bonchev–Trinajstić information content (AvgIpc) is 2.84. The van der Waals surface area contributed by atoms with Crippen molar-refractivity contribution in [3.63, 3.8) is 0 Å². The van der Waals surface area contributed by atoms with Crippen LogP contribution in [0.1, 0.15) is 26.7 Å². The number of carbonyl (C=O) groups excluding carboxylic acids is 2. The Morgan fingerprint density at radius 3 is 2.75 bits per heavy atom. The Hall–Kier alpha value is -2.55. The van der Waals surface area contributed by atoms with E-state index in [1.807, 2.05) is 6.92 Å². The molecule has 0 spiro atoms. The van der Waals surface area contributed by atoms with Gasteiger partial charge in [-0.25, -0.2) is 0 Å². The van der Waals surface area contributed by atoms with Crippen molar-refractivity contribution in [3.05, 3.63) is 33.1 Å². The van der Waals surface area contributed by atoms with Gasteiger partial charge in [0.15, 0.2) is 4.80 Å². The highest BCUT2D eigenvalue weighted by Crippen LogP contribution is 2.23. The van der Waals surface area contributed by atoms with Gasteiger partial charge in [0.05, 0.1) is 21.7 Å². The topological polar surface area (TPSA) is 104 Å². The molecule has 8 nitrogen and oxygen atoms in total. The van der Waals surface area contributed by atoms with Crippen LogP contribution in [0.15, 0.2) is 23.2 Å².